The highest BCUT2D eigenvalue weighted by Crippen LogP contribution is 2.03. The molecule has 1 aromatic carbocycles. The monoisotopic (exact) mass is 265 g/mol. The van der Waals surface area contributed by atoms with Crippen molar-refractivity contribution in [1.29, 1.82) is 0 Å². The second-order valence-electron chi connectivity index (χ2n) is 4.80. The van der Waals surface area contributed by atoms with Gasteiger partial charge in [-0.2, -0.15) is 0 Å². The lowest BCUT2D eigenvalue weighted by atomic mass is 10.2. The zero-order chi connectivity index (χ0) is 14.1. The third kappa shape index (κ3) is 7.43. The van der Waals surface area contributed by atoms with Gasteiger partial charge in [-0.3, -0.25) is 4.99 Å². The third-order valence-electron chi connectivity index (χ3n) is 2.28. The first-order valence-corrected chi connectivity index (χ1v) is 6.45. The molecule has 0 fully saturated rings. The van der Waals surface area contributed by atoms with Crippen molar-refractivity contribution >= 4 is 11.6 Å². The Kier molecular flexibility index (Phi) is 6.92. The molecule has 0 aliphatic heterocycles. The summed E-state index contributed by atoms with van der Waals surface area (Å²) in [6.45, 7) is 5.27. The van der Waals surface area contributed by atoms with E-state index >= 15 is 0 Å². The molecule has 0 spiro atoms. The van der Waals surface area contributed by atoms with E-state index in [4.69, 9.17) is 10.5 Å². The lowest BCUT2D eigenvalue weighted by Gasteiger charge is -2.11. The quantitative estimate of drug-likeness (QED) is 0.515. The van der Waals surface area contributed by atoms with E-state index < -0.39 is 6.10 Å². The van der Waals surface area contributed by atoms with Crippen LogP contribution in [-0.2, 0) is 4.74 Å². The first kappa shape index (κ1) is 15.5. The first-order chi connectivity index (χ1) is 9.08. The Hall–Kier alpha value is -1.59. The number of nitrogens with zero attached hydrogens (tertiary/aromatic N) is 1. The second kappa shape index (κ2) is 8.50. The van der Waals surface area contributed by atoms with Gasteiger partial charge in [-0.15, -0.1) is 0 Å². The van der Waals surface area contributed by atoms with Gasteiger partial charge in [0.25, 0.3) is 0 Å². The number of guanidine groups is 1. The van der Waals surface area contributed by atoms with Crippen LogP contribution in [0.5, 0.6) is 0 Å². The van der Waals surface area contributed by atoms with Crippen LogP contribution in [0.25, 0.3) is 0 Å². The van der Waals surface area contributed by atoms with Crippen LogP contribution in [0.3, 0.4) is 0 Å². The molecule has 5 nitrogen and oxygen atoms in total. The Morgan fingerprint density at radius 1 is 1.32 bits per heavy atom. The van der Waals surface area contributed by atoms with Crippen molar-refractivity contribution in [3.63, 3.8) is 0 Å². The van der Waals surface area contributed by atoms with Crippen molar-refractivity contribution in [2.75, 3.05) is 25.1 Å². The van der Waals surface area contributed by atoms with Crippen LogP contribution < -0.4 is 11.1 Å². The van der Waals surface area contributed by atoms with Crippen LogP contribution in [0.4, 0.5) is 5.69 Å². The zero-order valence-corrected chi connectivity index (χ0v) is 11.5. The summed E-state index contributed by atoms with van der Waals surface area (Å²) >= 11 is 0. The number of rotatable bonds is 7. The molecule has 1 unspecified atom stereocenters. The van der Waals surface area contributed by atoms with Gasteiger partial charge < -0.3 is 20.9 Å². The highest BCUT2D eigenvalue weighted by atomic mass is 16.5. The molecule has 0 saturated heterocycles. The fraction of sp³-hybridized carbons (Fsp3) is 0.500. The molecule has 5 heteroatoms. The average molecular weight is 265 g/mol. The number of nitrogens with one attached hydrogen (secondary N) is 1. The zero-order valence-electron chi connectivity index (χ0n) is 11.5. The predicted octanol–water partition coefficient (Wildman–Crippen LogP) is 1.45. The Morgan fingerprint density at radius 3 is 2.63 bits per heavy atom. The largest absolute Gasteiger partial charge is 0.389 e. The number of benzene rings is 1. The molecule has 0 saturated carbocycles. The summed E-state index contributed by atoms with van der Waals surface area (Å²) < 4.78 is 5.33. The molecular weight excluding hydrogens is 242 g/mol. The fourth-order valence-electron chi connectivity index (χ4n) is 1.41. The summed E-state index contributed by atoms with van der Waals surface area (Å²) in [6, 6.07) is 9.53. The number of hydrogen-bond donors (Lipinski definition) is 3. The summed E-state index contributed by atoms with van der Waals surface area (Å²) in [5.41, 5.74) is 6.59. The number of aliphatic hydroxyl groups excluding tert-OH is 1. The SMILES string of the molecule is CC(C)COCC(O)CN=C(N)Nc1ccccc1. The molecule has 19 heavy (non-hydrogen) atoms. The average Bonchev–Trinajstić information content (AvgIpc) is 2.37. The van der Waals surface area contributed by atoms with E-state index in [0.29, 0.717) is 12.5 Å². The number of anilines is 1. The van der Waals surface area contributed by atoms with Crippen molar-refractivity contribution in [3.05, 3.63) is 30.3 Å². The molecule has 0 radical (unpaired) electrons. The van der Waals surface area contributed by atoms with Gasteiger partial charge in [0.15, 0.2) is 5.96 Å². The first-order valence-electron chi connectivity index (χ1n) is 6.45. The van der Waals surface area contributed by atoms with Crippen LogP contribution in [0.1, 0.15) is 13.8 Å². The van der Waals surface area contributed by atoms with Crippen molar-refractivity contribution in [3.8, 4) is 0 Å². The number of hydrogen-bond acceptors (Lipinski definition) is 3. The highest BCUT2D eigenvalue weighted by molar-refractivity contribution is 5.92. The fourth-order valence-corrected chi connectivity index (χ4v) is 1.41. The molecule has 1 atom stereocenters. The molecule has 0 aliphatic carbocycles. The molecule has 0 heterocycles. The van der Waals surface area contributed by atoms with E-state index in [1.807, 2.05) is 30.3 Å². The molecule has 4 N–H and O–H groups in total. The third-order valence-corrected chi connectivity index (χ3v) is 2.28. The van der Waals surface area contributed by atoms with Crippen LogP contribution in [0.15, 0.2) is 35.3 Å². The van der Waals surface area contributed by atoms with Crippen LogP contribution in [0.2, 0.25) is 0 Å². The maximum atomic E-state index is 9.66. The van der Waals surface area contributed by atoms with Crippen LogP contribution in [-0.4, -0.2) is 36.9 Å². The minimum Gasteiger partial charge on any atom is -0.389 e. The van der Waals surface area contributed by atoms with E-state index in [9.17, 15) is 5.11 Å². The molecule has 1 rings (SSSR count). The summed E-state index contributed by atoms with van der Waals surface area (Å²) in [5, 5.41) is 12.6. The van der Waals surface area contributed by atoms with Gasteiger partial charge in [-0.05, 0) is 18.1 Å². The Morgan fingerprint density at radius 2 is 2.00 bits per heavy atom. The smallest absolute Gasteiger partial charge is 0.193 e. The van der Waals surface area contributed by atoms with Crippen molar-refractivity contribution in [1.82, 2.24) is 0 Å². The number of nitrogens with two attached hydrogens (primary N) is 1. The van der Waals surface area contributed by atoms with E-state index in [0.717, 1.165) is 5.69 Å². The van der Waals surface area contributed by atoms with E-state index in [1.54, 1.807) is 0 Å². The van der Waals surface area contributed by atoms with Crippen LogP contribution >= 0.6 is 0 Å². The predicted molar refractivity (Wildman–Crippen MR) is 78.2 cm³/mol. The lowest BCUT2D eigenvalue weighted by molar-refractivity contribution is 0.0302. The second-order valence-corrected chi connectivity index (χ2v) is 4.80. The van der Waals surface area contributed by atoms with Gasteiger partial charge in [0.05, 0.1) is 19.3 Å². The topological polar surface area (TPSA) is 79.9 Å². The van der Waals surface area contributed by atoms with Gasteiger partial charge in [-0.1, -0.05) is 32.0 Å². The molecule has 1 aromatic rings. The Bertz CT molecular complexity index is 380. The summed E-state index contributed by atoms with van der Waals surface area (Å²) in [7, 11) is 0. The van der Waals surface area contributed by atoms with Crippen LogP contribution in [0, 0.1) is 5.92 Å². The maximum Gasteiger partial charge on any atom is 0.193 e. The molecule has 0 aliphatic rings. The standard InChI is InChI=1S/C14H23N3O2/c1-11(2)9-19-10-13(18)8-16-14(15)17-12-6-4-3-5-7-12/h3-7,11,13,18H,8-10H2,1-2H3,(H3,15,16,17). The van der Waals surface area contributed by atoms with Gasteiger partial charge in [0.2, 0.25) is 0 Å². The van der Waals surface area contributed by atoms with Crippen molar-refractivity contribution in [2.45, 2.75) is 20.0 Å². The summed E-state index contributed by atoms with van der Waals surface area (Å²) in [4.78, 5) is 4.07. The van der Waals surface area contributed by atoms with E-state index in [2.05, 4.69) is 24.2 Å². The Balaban J connectivity index is 2.27. The normalized spacial score (nSPS) is 13.6. The van der Waals surface area contributed by atoms with Crippen molar-refractivity contribution < 1.29 is 9.84 Å². The lowest BCUT2D eigenvalue weighted by Crippen LogP contribution is -2.26. The number of aliphatic hydroxyl groups is 1. The van der Waals surface area contributed by atoms with Gasteiger partial charge in [-0.25, -0.2) is 0 Å². The molecular formula is C14H23N3O2. The summed E-state index contributed by atoms with van der Waals surface area (Å²) in [5.74, 6) is 0.745. The highest BCUT2D eigenvalue weighted by Gasteiger charge is 2.04. The molecule has 0 aromatic heterocycles. The minimum atomic E-state index is -0.630. The van der Waals surface area contributed by atoms with Gasteiger partial charge in [0, 0.05) is 12.3 Å². The number of aliphatic imine (C=N–C) groups is 1. The minimum absolute atomic E-state index is 0.226. The molecule has 0 amide bonds. The van der Waals surface area contributed by atoms with Gasteiger partial charge >= 0.3 is 0 Å². The van der Waals surface area contributed by atoms with E-state index in [-0.39, 0.29) is 19.1 Å². The van der Waals surface area contributed by atoms with Gasteiger partial charge in [0.1, 0.15) is 0 Å². The molecule has 106 valence electrons. The Labute approximate surface area is 114 Å². The van der Waals surface area contributed by atoms with E-state index in [1.165, 1.54) is 0 Å². The maximum absolute atomic E-state index is 9.66. The number of para-hydroxylation sites is 1. The summed E-state index contributed by atoms with van der Waals surface area (Å²) in [6.07, 6.45) is -0.630. The number of ether oxygens (including phenoxy) is 1. The molecule has 0 bridgehead atoms. The van der Waals surface area contributed by atoms with Crippen molar-refractivity contribution in [2.24, 2.45) is 16.6 Å².